The topological polar surface area (TPSA) is 12.4 Å². The molecule has 0 radical (unpaired) electrons. The lowest BCUT2D eigenvalue weighted by Crippen LogP contribution is -1.97. The minimum absolute atomic E-state index is 0.0706. The van der Waals surface area contributed by atoms with Crippen molar-refractivity contribution < 1.29 is 8.78 Å². The summed E-state index contributed by atoms with van der Waals surface area (Å²) in [7, 11) is 0. The number of isothiocyanates is 1. The molecule has 28 heavy (non-hydrogen) atoms. The summed E-state index contributed by atoms with van der Waals surface area (Å²) in [4.78, 5) is 3.63. The number of hydrogen-bond donors (Lipinski definition) is 0. The highest BCUT2D eigenvalue weighted by molar-refractivity contribution is 7.78. The lowest BCUT2D eigenvalue weighted by Gasteiger charge is -2.10. The van der Waals surface area contributed by atoms with Gasteiger partial charge in [-0.1, -0.05) is 68.8 Å². The molecule has 1 atom stereocenters. The second kappa shape index (κ2) is 9.01. The van der Waals surface area contributed by atoms with Gasteiger partial charge in [-0.05, 0) is 46.8 Å². The molecule has 3 rings (SSSR count). The Morgan fingerprint density at radius 3 is 1.89 bits per heavy atom. The second-order valence-corrected chi connectivity index (χ2v) is 7.16. The van der Waals surface area contributed by atoms with Crippen LogP contribution < -0.4 is 0 Å². The lowest BCUT2D eigenvalue weighted by atomic mass is 9.96. The molecule has 0 N–H and O–H groups in total. The smallest absolute Gasteiger partial charge is 0.136 e. The fourth-order valence-corrected chi connectivity index (χ4v) is 3.27. The molecule has 0 amide bonds. The number of benzene rings is 3. The third kappa shape index (κ3) is 4.59. The van der Waals surface area contributed by atoms with E-state index in [2.05, 4.69) is 60.5 Å². The zero-order valence-corrected chi connectivity index (χ0v) is 16.7. The van der Waals surface area contributed by atoms with Crippen LogP contribution in [0.5, 0.6) is 0 Å². The van der Waals surface area contributed by atoms with Crippen molar-refractivity contribution in [3.05, 3.63) is 77.9 Å². The second-order valence-electron chi connectivity index (χ2n) is 6.98. The number of halogens is 2. The first-order valence-corrected chi connectivity index (χ1v) is 9.69. The Bertz CT molecular complexity index is 981. The zero-order chi connectivity index (χ0) is 20.1. The van der Waals surface area contributed by atoms with Gasteiger partial charge in [0.25, 0.3) is 0 Å². The standard InChI is InChI=1S/C24H21F2NS/c1-3-16(2)12-17-4-6-18(7-5-17)19-8-10-20(11-9-19)24-22(25)13-21(27-15-28)14-23(24)26/h4-11,13-14,16H,3,12H2,1-2H3. The van der Waals surface area contributed by atoms with E-state index in [-0.39, 0.29) is 11.3 Å². The van der Waals surface area contributed by atoms with Crippen LogP contribution in [0.4, 0.5) is 14.5 Å². The van der Waals surface area contributed by atoms with Gasteiger partial charge in [-0.2, -0.15) is 4.99 Å². The first-order valence-electron chi connectivity index (χ1n) is 9.28. The summed E-state index contributed by atoms with van der Waals surface area (Å²) >= 11 is 4.48. The van der Waals surface area contributed by atoms with Crippen molar-refractivity contribution in [3.63, 3.8) is 0 Å². The van der Waals surface area contributed by atoms with Crippen molar-refractivity contribution in [1.29, 1.82) is 0 Å². The Labute approximate surface area is 169 Å². The Kier molecular flexibility index (Phi) is 6.45. The summed E-state index contributed by atoms with van der Waals surface area (Å²) < 4.78 is 28.7. The van der Waals surface area contributed by atoms with Gasteiger partial charge in [-0.3, -0.25) is 0 Å². The molecule has 0 bridgehead atoms. The molecule has 0 saturated heterocycles. The van der Waals surface area contributed by atoms with E-state index >= 15 is 0 Å². The predicted molar refractivity (Wildman–Crippen MR) is 115 cm³/mol. The van der Waals surface area contributed by atoms with Crippen molar-refractivity contribution in [2.45, 2.75) is 26.7 Å². The highest BCUT2D eigenvalue weighted by atomic mass is 32.1. The quantitative estimate of drug-likeness (QED) is 0.310. The maximum atomic E-state index is 14.4. The van der Waals surface area contributed by atoms with Gasteiger partial charge in [0.1, 0.15) is 11.6 Å². The summed E-state index contributed by atoms with van der Waals surface area (Å²) in [5, 5.41) is 2.12. The van der Waals surface area contributed by atoms with Crippen LogP contribution in [-0.4, -0.2) is 5.16 Å². The summed E-state index contributed by atoms with van der Waals surface area (Å²) in [6, 6.07) is 18.0. The number of nitrogens with zero attached hydrogens (tertiary/aromatic N) is 1. The van der Waals surface area contributed by atoms with E-state index < -0.39 is 11.6 Å². The normalized spacial score (nSPS) is 11.7. The number of aliphatic imine (C=N–C) groups is 1. The van der Waals surface area contributed by atoms with Crippen LogP contribution in [0.25, 0.3) is 22.3 Å². The van der Waals surface area contributed by atoms with Gasteiger partial charge in [0.15, 0.2) is 0 Å². The summed E-state index contributed by atoms with van der Waals surface area (Å²) in [6.07, 6.45) is 2.23. The van der Waals surface area contributed by atoms with Gasteiger partial charge >= 0.3 is 0 Å². The first kappa shape index (κ1) is 20.1. The molecule has 0 saturated carbocycles. The van der Waals surface area contributed by atoms with Crippen molar-refractivity contribution in [2.75, 3.05) is 0 Å². The molecular weight excluding hydrogens is 372 g/mol. The van der Waals surface area contributed by atoms with E-state index in [4.69, 9.17) is 0 Å². The molecule has 0 heterocycles. The Hall–Kier alpha value is -2.68. The Morgan fingerprint density at radius 1 is 0.893 bits per heavy atom. The fourth-order valence-electron chi connectivity index (χ4n) is 3.16. The van der Waals surface area contributed by atoms with Crippen molar-refractivity contribution >= 4 is 23.1 Å². The molecule has 3 aromatic rings. The molecule has 0 spiro atoms. The summed E-state index contributed by atoms with van der Waals surface area (Å²) in [6.45, 7) is 4.45. The highest BCUT2D eigenvalue weighted by Crippen LogP contribution is 2.31. The van der Waals surface area contributed by atoms with Gasteiger partial charge in [-0.25, -0.2) is 8.78 Å². The average Bonchev–Trinajstić information content (AvgIpc) is 2.69. The molecule has 0 aliphatic rings. The largest absolute Gasteiger partial charge is 0.206 e. The number of rotatable bonds is 6. The van der Waals surface area contributed by atoms with Gasteiger partial charge in [-0.15, -0.1) is 0 Å². The first-order chi connectivity index (χ1) is 13.5. The predicted octanol–water partition coefficient (Wildman–Crippen LogP) is 7.62. The highest BCUT2D eigenvalue weighted by Gasteiger charge is 2.13. The van der Waals surface area contributed by atoms with E-state index in [1.165, 1.54) is 5.56 Å². The van der Waals surface area contributed by atoms with Gasteiger partial charge < -0.3 is 0 Å². The van der Waals surface area contributed by atoms with Crippen LogP contribution in [-0.2, 0) is 6.42 Å². The number of hydrogen-bond acceptors (Lipinski definition) is 2. The van der Waals surface area contributed by atoms with Gasteiger partial charge in [0, 0.05) is 12.1 Å². The zero-order valence-electron chi connectivity index (χ0n) is 15.9. The van der Waals surface area contributed by atoms with Crippen LogP contribution in [0, 0.1) is 17.6 Å². The molecule has 142 valence electrons. The molecule has 0 aromatic heterocycles. The third-order valence-electron chi connectivity index (χ3n) is 4.94. The summed E-state index contributed by atoms with van der Waals surface area (Å²) in [5.74, 6) is -0.687. The van der Waals surface area contributed by atoms with E-state index in [0.29, 0.717) is 11.5 Å². The number of thiocarbonyl (C=S) groups is 1. The Morgan fingerprint density at radius 2 is 1.39 bits per heavy atom. The van der Waals surface area contributed by atoms with Crippen LogP contribution in [0.2, 0.25) is 0 Å². The molecule has 3 aromatic carbocycles. The van der Waals surface area contributed by atoms with Crippen LogP contribution in [0.3, 0.4) is 0 Å². The fraction of sp³-hybridized carbons (Fsp3) is 0.208. The van der Waals surface area contributed by atoms with E-state index in [9.17, 15) is 8.78 Å². The van der Waals surface area contributed by atoms with E-state index in [1.54, 1.807) is 12.1 Å². The van der Waals surface area contributed by atoms with Crippen LogP contribution in [0.1, 0.15) is 25.8 Å². The average molecular weight is 394 g/mol. The maximum absolute atomic E-state index is 14.4. The van der Waals surface area contributed by atoms with Crippen LogP contribution >= 0.6 is 12.2 Å². The maximum Gasteiger partial charge on any atom is 0.136 e. The molecule has 0 fully saturated rings. The van der Waals surface area contributed by atoms with Crippen molar-refractivity contribution in [1.82, 2.24) is 0 Å². The van der Waals surface area contributed by atoms with Crippen molar-refractivity contribution in [3.8, 4) is 22.3 Å². The van der Waals surface area contributed by atoms with E-state index in [0.717, 1.165) is 36.1 Å². The molecule has 0 aliphatic carbocycles. The monoisotopic (exact) mass is 393 g/mol. The summed E-state index contributed by atoms with van der Waals surface area (Å²) in [5.41, 5.74) is 3.91. The van der Waals surface area contributed by atoms with E-state index in [1.807, 2.05) is 12.1 Å². The lowest BCUT2D eigenvalue weighted by molar-refractivity contribution is 0.560. The molecule has 0 aliphatic heterocycles. The van der Waals surface area contributed by atoms with Crippen LogP contribution in [0.15, 0.2) is 65.7 Å². The molecule has 1 unspecified atom stereocenters. The third-order valence-corrected chi connectivity index (χ3v) is 5.03. The van der Waals surface area contributed by atoms with Gasteiger partial charge in [0.05, 0.1) is 16.4 Å². The minimum Gasteiger partial charge on any atom is -0.206 e. The molecular formula is C24H21F2NS. The van der Waals surface area contributed by atoms with Gasteiger partial charge in [0.2, 0.25) is 0 Å². The molecule has 1 nitrogen and oxygen atoms in total. The minimum atomic E-state index is -0.675. The molecule has 4 heteroatoms. The SMILES string of the molecule is CCC(C)Cc1ccc(-c2ccc(-c3c(F)cc(N=C=S)cc3F)cc2)cc1. The Balaban J connectivity index is 1.85. The van der Waals surface area contributed by atoms with Crippen molar-refractivity contribution in [2.24, 2.45) is 10.9 Å².